The van der Waals surface area contributed by atoms with Crippen LogP contribution < -0.4 is 22.3 Å². The van der Waals surface area contributed by atoms with Crippen LogP contribution in [-0.2, 0) is 6.54 Å². The van der Waals surface area contributed by atoms with Gasteiger partial charge in [0.25, 0.3) is 5.56 Å². The third-order valence-corrected chi connectivity index (χ3v) is 2.52. The quantitative estimate of drug-likeness (QED) is 0.579. The number of H-pyrrole nitrogens is 1. The van der Waals surface area contributed by atoms with Gasteiger partial charge in [0.15, 0.2) is 0 Å². The molecule has 0 saturated heterocycles. The second-order valence-corrected chi connectivity index (χ2v) is 3.83. The Morgan fingerprint density at radius 3 is 2.83 bits per heavy atom. The number of rotatable bonds is 4. The van der Waals surface area contributed by atoms with Gasteiger partial charge >= 0.3 is 0 Å². The van der Waals surface area contributed by atoms with Crippen LogP contribution in [0.5, 0.6) is 0 Å². The maximum atomic E-state index is 11.6. The molecule has 2 rings (SSSR count). The molecule has 6 heteroatoms. The summed E-state index contributed by atoms with van der Waals surface area (Å²) in [5.41, 5.74) is 12.7. The van der Waals surface area contributed by atoms with Gasteiger partial charge in [0.2, 0.25) is 0 Å². The molecule has 0 aliphatic carbocycles. The molecule has 0 radical (unpaired) electrons. The van der Waals surface area contributed by atoms with Gasteiger partial charge < -0.3 is 21.8 Å². The highest BCUT2D eigenvalue weighted by Gasteiger charge is 2.11. The maximum Gasteiger partial charge on any atom is 0.256 e. The summed E-state index contributed by atoms with van der Waals surface area (Å²) >= 11 is 0. The van der Waals surface area contributed by atoms with E-state index in [0.29, 0.717) is 17.8 Å². The molecule has 0 amide bonds. The maximum absolute atomic E-state index is 11.6. The van der Waals surface area contributed by atoms with Crippen molar-refractivity contribution >= 4 is 5.69 Å². The van der Waals surface area contributed by atoms with E-state index < -0.39 is 6.17 Å². The molecule has 0 aromatic carbocycles. The molecule has 0 saturated carbocycles. The molecule has 94 valence electrons. The fraction of sp³-hybridized carbons (Fsp3) is 0.167. The van der Waals surface area contributed by atoms with Crippen molar-refractivity contribution in [2.75, 3.05) is 5.32 Å². The highest BCUT2D eigenvalue weighted by atomic mass is 16.1. The van der Waals surface area contributed by atoms with Crippen molar-refractivity contribution in [2.45, 2.75) is 12.7 Å². The summed E-state index contributed by atoms with van der Waals surface area (Å²) in [6.45, 7) is 0.504. The number of aromatic amines is 1. The number of nitrogens with two attached hydrogens (primary N) is 2. The SMILES string of the molecule is NC(N)c1c(NCc2ccccn2)cc[nH]c1=O. The third-order valence-electron chi connectivity index (χ3n) is 2.52. The topological polar surface area (TPSA) is 110 Å². The zero-order valence-electron chi connectivity index (χ0n) is 9.76. The van der Waals surface area contributed by atoms with Gasteiger partial charge in [-0.2, -0.15) is 0 Å². The van der Waals surface area contributed by atoms with Crippen LogP contribution in [0.3, 0.4) is 0 Å². The number of anilines is 1. The van der Waals surface area contributed by atoms with Crippen molar-refractivity contribution in [1.29, 1.82) is 0 Å². The Morgan fingerprint density at radius 2 is 2.17 bits per heavy atom. The molecule has 0 fully saturated rings. The summed E-state index contributed by atoms with van der Waals surface area (Å²) in [4.78, 5) is 18.4. The zero-order chi connectivity index (χ0) is 13.0. The molecular formula is C12H15N5O. The van der Waals surface area contributed by atoms with Gasteiger partial charge in [0.05, 0.1) is 24.0 Å². The second-order valence-electron chi connectivity index (χ2n) is 3.83. The number of hydrogen-bond donors (Lipinski definition) is 4. The van der Waals surface area contributed by atoms with E-state index in [-0.39, 0.29) is 5.56 Å². The standard InChI is InChI=1S/C12H15N5O/c13-11(14)10-9(4-6-16-12(10)18)17-7-8-3-1-2-5-15-8/h1-6,11H,7,13-14H2,(H2,16,17,18). The molecule has 0 bridgehead atoms. The molecule has 18 heavy (non-hydrogen) atoms. The van der Waals surface area contributed by atoms with Gasteiger partial charge in [-0.25, -0.2) is 0 Å². The lowest BCUT2D eigenvalue weighted by Gasteiger charge is -2.12. The molecule has 6 nitrogen and oxygen atoms in total. The predicted octanol–water partition coefficient (Wildman–Crippen LogP) is 0.298. The average Bonchev–Trinajstić information content (AvgIpc) is 2.37. The number of aromatic nitrogens is 2. The molecule has 6 N–H and O–H groups in total. The number of hydrogen-bond acceptors (Lipinski definition) is 5. The van der Waals surface area contributed by atoms with Crippen LogP contribution in [0.4, 0.5) is 5.69 Å². The van der Waals surface area contributed by atoms with Crippen LogP contribution in [0.2, 0.25) is 0 Å². The Kier molecular flexibility index (Phi) is 3.71. The largest absolute Gasteiger partial charge is 0.379 e. The fourth-order valence-electron chi connectivity index (χ4n) is 1.66. The molecule has 0 aliphatic rings. The van der Waals surface area contributed by atoms with E-state index in [0.717, 1.165) is 5.69 Å². The number of nitrogens with one attached hydrogen (secondary N) is 2. The summed E-state index contributed by atoms with van der Waals surface area (Å²) in [7, 11) is 0. The van der Waals surface area contributed by atoms with Crippen molar-refractivity contribution in [3.8, 4) is 0 Å². The van der Waals surface area contributed by atoms with E-state index in [2.05, 4.69) is 15.3 Å². The van der Waals surface area contributed by atoms with Gasteiger partial charge in [-0.3, -0.25) is 9.78 Å². The van der Waals surface area contributed by atoms with Gasteiger partial charge in [0.1, 0.15) is 0 Å². The molecule has 0 spiro atoms. The van der Waals surface area contributed by atoms with E-state index in [1.165, 1.54) is 0 Å². The summed E-state index contributed by atoms with van der Waals surface area (Å²) in [5, 5.41) is 3.11. The molecule has 0 aliphatic heterocycles. The smallest absolute Gasteiger partial charge is 0.256 e. The first kappa shape index (κ1) is 12.3. The van der Waals surface area contributed by atoms with Crippen molar-refractivity contribution in [2.24, 2.45) is 11.5 Å². The first-order valence-corrected chi connectivity index (χ1v) is 5.55. The minimum Gasteiger partial charge on any atom is -0.379 e. The molecule has 2 aromatic heterocycles. The zero-order valence-corrected chi connectivity index (χ0v) is 9.76. The third kappa shape index (κ3) is 2.73. The van der Waals surface area contributed by atoms with Crippen molar-refractivity contribution in [3.63, 3.8) is 0 Å². The summed E-state index contributed by atoms with van der Waals surface area (Å²) in [6.07, 6.45) is 2.44. The Morgan fingerprint density at radius 1 is 1.33 bits per heavy atom. The van der Waals surface area contributed by atoms with Gasteiger partial charge in [-0.15, -0.1) is 0 Å². The lowest BCUT2D eigenvalue weighted by molar-refractivity contribution is 0.759. The van der Waals surface area contributed by atoms with Crippen LogP contribution in [0.25, 0.3) is 0 Å². The van der Waals surface area contributed by atoms with Crippen molar-refractivity contribution in [1.82, 2.24) is 9.97 Å². The second kappa shape index (κ2) is 5.44. The normalized spacial score (nSPS) is 10.6. The van der Waals surface area contributed by atoms with Crippen molar-refractivity contribution in [3.05, 3.63) is 58.3 Å². The molecule has 2 aromatic rings. The summed E-state index contributed by atoms with van der Waals surface area (Å²) in [5.74, 6) is 0. The fourth-order valence-corrected chi connectivity index (χ4v) is 1.66. The number of nitrogens with zero attached hydrogens (tertiary/aromatic N) is 1. The van der Waals surface area contributed by atoms with Crippen LogP contribution in [0.15, 0.2) is 41.5 Å². The highest BCUT2D eigenvalue weighted by molar-refractivity contribution is 5.50. The van der Waals surface area contributed by atoms with E-state index in [4.69, 9.17) is 11.5 Å². The Balaban J connectivity index is 2.20. The first-order chi connectivity index (χ1) is 8.68. The summed E-state index contributed by atoms with van der Waals surface area (Å²) in [6, 6.07) is 7.37. The van der Waals surface area contributed by atoms with Crippen LogP contribution in [-0.4, -0.2) is 9.97 Å². The van der Waals surface area contributed by atoms with Gasteiger partial charge in [0, 0.05) is 18.1 Å². The Bertz CT molecular complexity index is 564. The molecule has 2 heterocycles. The van der Waals surface area contributed by atoms with Crippen molar-refractivity contribution < 1.29 is 0 Å². The number of pyridine rings is 2. The predicted molar refractivity (Wildman–Crippen MR) is 69.7 cm³/mol. The lowest BCUT2D eigenvalue weighted by Crippen LogP contribution is -2.29. The molecular weight excluding hydrogens is 230 g/mol. The monoisotopic (exact) mass is 245 g/mol. The van der Waals surface area contributed by atoms with Gasteiger partial charge in [-0.05, 0) is 18.2 Å². The van der Waals surface area contributed by atoms with E-state index in [1.54, 1.807) is 18.5 Å². The lowest BCUT2D eigenvalue weighted by atomic mass is 10.2. The molecule has 0 unspecified atom stereocenters. The van der Waals surface area contributed by atoms with Crippen LogP contribution >= 0.6 is 0 Å². The Labute approximate surface area is 104 Å². The first-order valence-electron chi connectivity index (χ1n) is 5.55. The van der Waals surface area contributed by atoms with Gasteiger partial charge in [-0.1, -0.05) is 6.07 Å². The van der Waals surface area contributed by atoms with Crippen LogP contribution in [0.1, 0.15) is 17.4 Å². The van der Waals surface area contributed by atoms with E-state index in [1.807, 2.05) is 18.2 Å². The minimum atomic E-state index is -0.818. The van der Waals surface area contributed by atoms with E-state index >= 15 is 0 Å². The summed E-state index contributed by atoms with van der Waals surface area (Å²) < 4.78 is 0. The van der Waals surface area contributed by atoms with E-state index in [9.17, 15) is 4.79 Å². The Hall–Kier alpha value is -2.18. The molecule has 0 atom stereocenters. The highest BCUT2D eigenvalue weighted by Crippen LogP contribution is 2.14. The minimum absolute atomic E-state index is 0.281. The average molecular weight is 245 g/mol. The van der Waals surface area contributed by atoms with Crippen LogP contribution in [0, 0.1) is 0 Å².